The number of hydrogen-bond acceptors (Lipinski definition) is 3. The third kappa shape index (κ3) is 6.49. The lowest BCUT2D eigenvalue weighted by atomic mass is 10.0. The molecule has 2 N–H and O–H groups in total. The number of carboxylic acid groups (broad SMARTS) is 1. The van der Waals surface area contributed by atoms with Crippen molar-refractivity contribution in [1.82, 2.24) is 5.32 Å². The number of amides is 1. The van der Waals surface area contributed by atoms with Gasteiger partial charge in [-0.2, -0.15) is 0 Å². The van der Waals surface area contributed by atoms with E-state index >= 15 is 0 Å². The van der Waals surface area contributed by atoms with Gasteiger partial charge in [-0.15, -0.1) is 0 Å². The van der Waals surface area contributed by atoms with Crippen LogP contribution in [0, 0.1) is 5.82 Å². The van der Waals surface area contributed by atoms with E-state index in [1.807, 2.05) is 24.3 Å². The molecule has 0 aliphatic heterocycles. The minimum absolute atomic E-state index is 0.116. The van der Waals surface area contributed by atoms with Gasteiger partial charge in [-0.1, -0.05) is 60.1 Å². The standard InChI is InChI=1S/C29H23ClFNO4/c30-24-12-13-27(36-18-20-2-1-3-25(31)16-20)26(17-24)28(33)32-15-14-19-4-6-21(7-5-19)22-8-10-23(11-9-22)29(34)35/h1-13,16-17H,14-15,18H2,(H,32,33)(H,34,35). The predicted octanol–water partition coefficient (Wildman–Crippen LogP) is 6.40. The van der Waals surface area contributed by atoms with E-state index in [0.29, 0.717) is 34.9 Å². The van der Waals surface area contributed by atoms with Gasteiger partial charge in [-0.25, -0.2) is 9.18 Å². The zero-order chi connectivity index (χ0) is 25.5. The zero-order valence-electron chi connectivity index (χ0n) is 19.2. The van der Waals surface area contributed by atoms with Crippen molar-refractivity contribution in [3.8, 4) is 16.9 Å². The lowest BCUT2D eigenvalue weighted by Crippen LogP contribution is -2.26. The first-order valence-corrected chi connectivity index (χ1v) is 11.6. The summed E-state index contributed by atoms with van der Waals surface area (Å²) in [5.74, 6) is -1.27. The van der Waals surface area contributed by atoms with Crippen molar-refractivity contribution in [2.24, 2.45) is 0 Å². The molecule has 4 aromatic rings. The number of hydrogen-bond donors (Lipinski definition) is 2. The van der Waals surface area contributed by atoms with Gasteiger partial charge in [0.05, 0.1) is 11.1 Å². The third-order valence-electron chi connectivity index (χ3n) is 5.59. The third-order valence-corrected chi connectivity index (χ3v) is 5.82. The maximum absolute atomic E-state index is 13.4. The summed E-state index contributed by atoms with van der Waals surface area (Å²) in [5.41, 5.74) is 4.13. The molecule has 0 bridgehead atoms. The highest BCUT2D eigenvalue weighted by Crippen LogP contribution is 2.24. The first kappa shape index (κ1) is 24.9. The molecule has 0 atom stereocenters. The molecule has 0 radical (unpaired) electrons. The molecule has 4 aromatic carbocycles. The quantitative estimate of drug-likeness (QED) is 0.277. The van der Waals surface area contributed by atoms with Gasteiger partial charge in [-0.3, -0.25) is 4.79 Å². The van der Waals surface area contributed by atoms with Gasteiger partial charge < -0.3 is 15.2 Å². The molecule has 4 rings (SSSR count). The maximum Gasteiger partial charge on any atom is 0.335 e. The van der Waals surface area contributed by atoms with E-state index in [0.717, 1.165) is 16.7 Å². The number of carbonyl (C=O) groups excluding carboxylic acids is 1. The Morgan fingerprint density at radius 2 is 1.56 bits per heavy atom. The summed E-state index contributed by atoms with van der Waals surface area (Å²) in [6.07, 6.45) is 0.615. The van der Waals surface area contributed by atoms with Crippen LogP contribution in [0.1, 0.15) is 31.8 Å². The van der Waals surface area contributed by atoms with Crippen molar-refractivity contribution in [3.63, 3.8) is 0 Å². The largest absolute Gasteiger partial charge is 0.488 e. The van der Waals surface area contributed by atoms with E-state index in [1.165, 1.54) is 12.1 Å². The fourth-order valence-electron chi connectivity index (χ4n) is 3.68. The molecule has 7 heteroatoms. The molecule has 0 heterocycles. The van der Waals surface area contributed by atoms with Crippen molar-refractivity contribution < 1.29 is 23.8 Å². The van der Waals surface area contributed by atoms with E-state index in [1.54, 1.807) is 54.6 Å². The smallest absolute Gasteiger partial charge is 0.335 e. The predicted molar refractivity (Wildman–Crippen MR) is 137 cm³/mol. The first-order chi connectivity index (χ1) is 17.4. The molecule has 182 valence electrons. The second-order valence-corrected chi connectivity index (χ2v) is 8.58. The first-order valence-electron chi connectivity index (χ1n) is 11.3. The van der Waals surface area contributed by atoms with Crippen molar-refractivity contribution in [2.45, 2.75) is 13.0 Å². The Hall–Kier alpha value is -4.16. The number of rotatable bonds is 9. The van der Waals surface area contributed by atoms with Crippen molar-refractivity contribution >= 4 is 23.5 Å². The van der Waals surface area contributed by atoms with Crippen LogP contribution in [0.15, 0.2) is 91.0 Å². The van der Waals surface area contributed by atoms with E-state index in [2.05, 4.69) is 5.32 Å². The number of nitrogens with one attached hydrogen (secondary N) is 1. The van der Waals surface area contributed by atoms with Crippen LogP contribution in [0.3, 0.4) is 0 Å². The molecule has 0 spiro atoms. The topological polar surface area (TPSA) is 75.6 Å². The Morgan fingerprint density at radius 1 is 0.861 bits per heavy atom. The molecule has 0 fully saturated rings. The molecule has 36 heavy (non-hydrogen) atoms. The van der Waals surface area contributed by atoms with Crippen molar-refractivity contribution in [3.05, 3.63) is 124 Å². The number of benzene rings is 4. The fraction of sp³-hybridized carbons (Fsp3) is 0.103. The molecule has 0 saturated heterocycles. The SMILES string of the molecule is O=C(O)c1ccc(-c2ccc(CCNC(=O)c3cc(Cl)ccc3OCc3cccc(F)c3)cc2)cc1. The monoisotopic (exact) mass is 503 g/mol. The van der Waals surface area contributed by atoms with E-state index < -0.39 is 5.97 Å². The number of ether oxygens (including phenoxy) is 1. The van der Waals surface area contributed by atoms with Crippen LogP contribution in [0.25, 0.3) is 11.1 Å². The molecule has 0 unspecified atom stereocenters. The zero-order valence-corrected chi connectivity index (χ0v) is 20.0. The molecule has 0 aliphatic carbocycles. The van der Waals surface area contributed by atoms with Gasteiger partial charge in [0.15, 0.2) is 0 Å². The number of carboxylic acids is 1. The van der Waals surface area contributed by atoms with Gasteiger partial charge in [0.1, 0.15) is 18.2 Å². The van der Waals surface area contributed by atoms with E-state index in [4.69, 9.17) is 21.4 Å². The molecule has 5 nitrogen and oxygen atoms in total. The number of carbonyl (C=O) groups is 2. The molecule has 1 amide bonds. The summed E-state index contributed by atoms with van der Waals surface area (Å²) in [7, 11) is 0. The Bertz CT molecular complexity index is 1370. The summed E-state index contributed by atoms with van der Waals surface area (Å²) >= 11 is 6.10. The maximum atomic E-state index is 13.4. The Labute approximate surface area is 213 Å². The van der Waals surface area contributed by atoms with Crippen LogP contribution in [-0.4, -0.2) is 23.5 Å². The normalized spacial score (nSPS) is 10.6. The van der Waals surface area contributed by atoms with Crippen LogP contribution in [-0.2, 0) is 13.0 Å². The minimum Gasteiger partial charge on any atom is -0.488 e. The Morgan fingerprint density at radius 3 is 2.22 bits per heavy atom. The van der Waals surface area contributed by atoms with E-state index in [-0.39, 0.29) is 23.9 Å². The van der Waals surface area contributed by atoms with Gasteiger partial charge in [0.2, 0.25) is 0 Å². The van der Waals surface area contributed by atoms with Crippen LogP contribution >= 0.6 is 11.6 Å². The van der Waals surface area contributed by atoms with Gasteiger partial charge in [0.25, 0.3) is 5.91 Å². The lowest BCUT2D eigenvalue weighted by Gasteiger charge is -2.13. The Balaban J connectivity index is 1.34. The van der Waals surface area contributed by atoms with Gasteiger partial charge in [-0.05, 0) is 71.1 Å². The van der Waals surface area contributed by atoms with E-state index in [9.17, 15) is 14.0 Å². The summed E-state index contributed by atoms with van der Waals surface area (Å²) in [6, 6.07) is 25.5. The molecule has 0 aromatic heterocycles. The average Bonchev–Trinajstić information content (AvgIpc) is 2.88. The molecule has 0 aliphatic rings. The second-order valence-electron chi connectivity index (χ2n) is 8.14. The molecular formula is C29H23ClFNO4. The minimum atomic E-state index is -0.956. The lowest BCUT2D eigenvalue weighted by molar-refractivity contribution is 0.0696. The van der Waals surface area contributed by atoms with Crippen molar-refractivity contribution in [1.29, 1.82) is 0 Å². The van der Waals surface area contributed by atoms with Gasteiger partial charge in [0, 0.05) is 11.6 Å². The van der Waals surface area contributed by atoms with Crippen LogP contribution in [0.2, 0.25) is 5.02 Å². The summed E-state index contributed by atoms with van der Waals surface area (Å²) in [5, 5.41) is 12.3. The highest BCUT2D eigenvalue weighted by molar-refractivity contribution is 6.31. The number of aromatic carboxylic acids is 1. The second kappa shape index (κ2) is 11.5. The highest BCUT2D eigenvalue weighted by atomic mass is 35.5. The van der Waals surface area contributed by atoms with Crippen molar-refractivity contribution in [2.75, 3.05) is 6.54 Å². The molecular weight excluding hydrogens is 481 g/mol. The summed E-state index contributed by atoms with van der Waals surface area (Å²) < 4.78 is 19.2. The Kier molecular flexibility index (Phi) is 7.98. The van der Waals surface area contributed by atoms with Crippen LogP contribution in [0.5, 0.6) is 5.75 Å². The summed E-state index contributed by atoms with van der Waals surface area (Å²) in [4.78, 5) is 23.9. The van der Waals surface area contributed by atoms with Gasteiger partial charge >= 0.3 is 5.97 Å². The fourth-order valence-corrected chi connectivity index (χ4v) is 3.85. The van der Waals surface area contributed by atoms with Crippen LogP contribution in [0.4, 0.5) is 4.39 Å². The van der Waals surface area contributed by atoms with Crippen LogP contribution < -0.4 is 10.1 Å². The summed E-state index contributed by atoms with van der Waals surface area (Å²) in [6.45, 7) is 0.520. The average molecular weight is 504 g/mol. The number of halogens is 2. The highest BCUT2D eigenvalue weighted by Gasteiger charge is 2.14. The molecule has 0 saturated carbocycles.